The Kier molecular flexibility index (Phi) is 3.52. The first kappa shape index (κ1) is 11.0. The van der Waals surface area contributed by atoms with Gasteiger partial charge in [-0.3, -0.25) is 0 Å². The van der Waals surface area contributed by atoms with E-state index in [2.05, 4.69) is 0 Å². The minimum atomic E-state index is -2.51. The summed E-state index contributed by atoms with van der Waals surface area (Å²) in [6, 6.07) is 3.25. The molecular formula is C10H15NO2S. The van der Waals surface area contributed by atoms with Crippen molar-refractivity contribution in [3.05, 3.63) is 23.3 Å². The molecule has 4 heteroatoms. The lowest BCUT2D eigenvalue weighted by molar-refractivity contribution is 0.613. The van der Waals surface area contributed by atoms with E-state index in [0.717, 1.165) is 17.5 Å². The summed E-state index contributed by atoms with van der Waals surface area (Å²) >= 11 is 0. The number of nitrogens with two attached hydrogens (primary N) is 1. The Morgan fingerprint density at radius 2 is 1.71 bits per heavy atom. The minimum Gasteiger partial charge on any atom is -0.398 e. The van der Waals surface area contributed by atoms with Crippen molar-refractivity contribution >= 4 is 16.4 Å². The Labute approximate surface area is 85.9 Å². The fourth-order valence-corrected chi connectivity index (χ4v) is 2.39. The van der Waals surface area contributed by atoms with E-state index in [9.17, 15) is 8.42 Å². The first-order chi connectivity index (χ1) is 6.61. The Bertz CT molecular complexity index is 403. The Balaban J connectivity index is 3.48. The second-order valence-corrected chi connectivity index (χ2v) is 4.09. The molecule has 1 aromatic rings. The average molecular weight is 213 g/mol. The molecule has 0 fully saturated rings. The SMILES string of the molecule is CCc1c(N)ccc([SH](=O)=O)c1CC. The summed E-state index contributed by atoms with van der Waals surface area (Å²) in [6.45, 7) is 3.92. The summed E-state index contributed by atoms with van der Waals surface area (Å²) in [6.07, 6.45) is 1.47. The predicted molar refractivity (Wildman–Crippen MR) is 58.2 cm³/mol. The molecule has 14 heavy (non-hydrogen) atoms. The number of anilines is 1. The summed E-state index contributed by atoms with van der Waals surface area (Å²) in [5, 5.41) is 0. The third-order valence-electron chi connectivity index (χ3n) is 2.35. The molecule has 0 amide bonds. The van der Waals surface area contributed by atoms with Crippen LogP contribution in [-0.2, 0) is 23.5 Å². The number of hydrogen-bond donors (Lipinski definition) is 2. The standard InChI is InChI=1S/C10H15NO2S/c1-3-7-8(4-2)10(14(12)13)6-5-9(7)11/h5-6,14H,3-4,11H2,1-2H3. The van der Waals surface area contributed by atoms with E-state index in [1.807, 2.05) is 13.8 Å². The van der Waals surface area contributed by atoms with E-state index >= 15 is 0 Å². The van der Waals surface area contributed by atoms with Crippen molar-refractivity contribution in [2.24, 2.45) is 0 Å². The number of benzene rings is 1. The zero-order chi connectivity index (χ0) is 10.7. The fraction of sp³-hybridized carbons (Fsp3) is 0.400. The lowest BCUT2D eigenvalue weighted by Gasteiger charge is -2.11. The smallest absolute Gasteiger partial charge is 0.168 e. The monoisotopic (exact) mass is 213 g/mol. The highest BCUT2D eigenvalue weighted by Gasteiger charge is 2.10. The van der Waals surface area contributed by atoms with Crippen molar-refractivity contribution in [2.45, 2.75) is 31.6 Å². The lowest BCUT2D eigenvalue weighted by atomic mass is 10.0. The maximum atomic E-state index is 11.0. The van der Waals surface area contributed by atoms with Crippen molar-refractivity contribution in [2.75, 3.05) is 5.73 Å². The highest BCUT2D eigenvalue weighted by atomic mass is 32.2. The molecule has 0 bridgehead atoms. The number of nitrogen functional groups attached to an aromatic ring is 1. The van der Waals surface area contributed by atoms with Crippen LogP contribution in [0, 0.1) is 0 Å². The van der Waals surface area contributed by atoms with Gasteiger partial charge in [0.15, 0.2) is 10.7 Å². The maximum Gasteiger partial charge on any atom is 0.168 e. The van der Waals surface area contributed by atoms with Gasteiger partial charge in [0.05, 0.1) is 4.90 Å². The zero-order valence-electron chi connectivity index (χ0n) is 8.41. The van der Waals surface area contributed by atoms with Gasteiger partial charge in [0.25, 0.3) is 0 Å². The number of rotatable bonds is 3. The van der Waals surface area contributed by atoms with Crippen molar-refractivity contribution in [1.29, 1.82) is 0 Å². The van der Waals surface area contributed by atoms with Crippen molar-refractivity contribution in [3.63, 3.8) is 0 Å². The number of thiol groups is 1. The first-order valence-electron chi connectivity index (χ1n) is 4.66. The largest absolute Gasteiger partial charge is 0.398 e. The van der Waals surface area contributed by atoms with Gasteiger partial charge in [-0.1, -0.05) is 13.8 Å². The first-order valence-corrected chi connectivity index (χ1v) is 5.84. The van der Waals surface area contributed by atoms with E-state index in [-0.39, 0.29) is 0 Å². The van der Waals surface area contributed by atoms with Crippen LogP contribution >= 0.6 is 0 Å². The van der Waals surface area contributed by atoms with E-state index < -0.39 is 10.7 Å². The van der Waals surface area contributed by atoms with Gasteiger partial charge >= 0.3 is 0 Å². The van der Waals surface area contributed by atoms with E-state index in [1.54, 1.807) is 12.1 Å². The third-order valence-corrected chi connectivity index (χ3v) is 3.16. The minimum absolute atomic E-state index is 0.411. The van der Waals surface area contributed by atoms with E-state index in [0.29, 0.717) is 17.0 Å². The molecule has 0 aromatic heterocycles. The Morgan fingerprint density at radius 1 is 1.14 bits per heavy atom. The van der Waals surface area contributed by atoms with Gasteiger partial charge < -0.3 is 5.73 Å². The Hall–Kier alpha value is -1.03. The molecule has 0 spiro atoms. The highest BCUT2D eigenvalue weighted by Crippen LogP contribution is 2.23. The topological polar surface area (TPSA) is 60.2 Å². The summed E-state index contributed by atoms with van der Waals surface area (Å²) in [5.74, 6) is 0. The molecule has 0 saturated carbocycles. The van der Waals surface area contributed by atoms with Gasteiger partial charge in [0, 0.05) is 5.69 Å². The molecule has 0 aliphatic carbocycles. The van der Waals surface area contributed by atoms with Gasteiger partial charge in [0.1, 0.15) is 0 Å². The van der Waals surface area contributed by atoms with Crippen LogP contribution in [0.5, 0.6) is 0 Å². The Morgan fingerprint density at radius 3 is 2.14 bits per heavy atom. The van der Waals surface area contributed by atoms with Gasteiger partial charge in [-0.25, -0.2) is 8.42 Å². The van der Waals surface area contributed by atoms with Gasteiger partial charge in [0.2, 0.25) is 0 Å². The highest BCUT2D eigenvalue weighted by molar-refractivity contribution is 7.72. The molecule has 0 aliphatic rings. The summed E-state index contributed by atoms with van der Waals surface area (Å²) in [5.41, 5.74) is 8.29. The molecule has 0 radical (unpaired) electrons. The van der Waals surface area contributed by atoms with Crippen LogP contribution in [-0.4, -0.2) is 8.42 Å². The van der Waals surface area contributed by atoms with Crippen LogP contribution in [0.15, 0.2) is 17.0 Å². The molecular weight excluding hydrogens is 198 g/mol. The van der Waals surface area contributed by atoms with Crippen LogP contribution in [0.25, 0.3) is 0 Å². The molecule has 2 N–H and O–H groups in total. The second kappa shape index (κ2) is 4.46. The van der Waals surface area contributed by atoms with Crippen LogP contribution in [0.1, 0.15) is 25.0 Å². The van der Waals surface area contributed by atoms with E-state index in [4.69, 9.17) is 5.73 Å². The van der Waals surface area contributed by atoms with Crippen LogP contribution in [0.3, 0.4) is 0 Å². The molecule has 0 saturated heterocycles. The number of hydrogen-bond acceptors (Lipinski definition) is 3. The molecule has 0 atom stereocenters. The van der Waals surface area contributed by atoms with Crippen molar-refractivity contribution in [1.82, 2.24) is 0 Å². The summed E-state index contributed by atoms with van der Waals surface area (Å²) in [7, 11) is -2.51. The van der Waals surface area contributed by atoms with Gasteiger partial charge in [-0.05, 0) is 36.1 Å². The maximum absolute atomic E-state index is 11.0. The normalized spacial score (nSPS) is 10.8. The fourth-order valence-electron chi connectivity index (χ4n) is 1.68. The van der Waals surface area contributed by atoms with Crippen LogP contribution in [0.4, 0.5) is 5.69 Å². The van der Waals surface area contributed by atoms with Crippen molar-refractivity contribution < 1.29 is 8.42 Å². The molecule has 3 nitrogen and oxygen atoms in total. The van der Waals surface area contributed by atoms with E-state index in [1.165, 1.54) is 0 Å². The van der Waals surface area contributed by atoms with Gasteiger partial charge in [-0.15, -0.1) is 0 Å². The molecule has 1 rings (SSSR count). The lowest BCUT2D eigenvalue weighted by Crippen LogP contribution is -2.02. The molecule has 0 unspecified atom stereocenters. The molecule has 78 valence electrons. The third kappa shape index (κ3) is 1.90. The average Bonchev–Trinajstić information content (AvgIpc) is 2.16. The quantitative estimate of drug-likeness (QED) is 0.589. The molecule has 0 aliphatic heterocycles. The van der Waals surface area contributed by atoms with Crippen molar-refractivity contribution in [3.8, 4) is 0 Å². The van der Waals surface area contributed by atoms with Gasteiger partial charge in [-0.2, -0.15) is 0 Å². The van der Waals surface area contributed by atoms with Crippen LogP contribution < -0.4 is 5.73 Å². The van der Waals surface area contributed by atoms with Crippen LogP contribution in [0.2, 0.25) is 0 Å². The molecule has 0 heterocycles. The summed E-state index contributed by atoms with van der Waals surface area (Å²) in [4.78, 5) is 0.411. The second-order valence-electron chi connectivity index (χ2n) is 3.10. The predicted octanol–water partition coefficient (Wildman–Crippen LogP) is 1.36. The molecule has 1 aromatic carbocycles. The summed E-state index contributed by atoms with van der Waals surface area (Å²) < 4.78 is 21.9. The zero-order valence-corrected chi connectivity index (χ0v) is 9.30.